The number of ketones is 2. The van der Waals surface area contributed by atoms with E-state index in [0.29, 0.717) is 12.8 Å². The second-order valence-electron chi connectivity index (χ2n) is 4.44. The first-order valence-corrected chi connectivity index (χ1v) is 6.85. The van der Waals surface area contributed by atoms with Gasteiger partial charge in [0.05, 0.1) is 0 Å². The van der Waals surface area contributed by atoms with Gasteiger partial charge in [-0.25, -0.2) is 9.59 Å². The van der Waals surface area contributed by atoms with Crippen molar-refractivity contribution < 1.29 is 23.9 Å². The van der Waals surface area contributed by atoms with Crippen LogP contribution in [0.5, 0.6) is 0 Å². The van der Waals surface area contributed by atoms with E-state index in [9.17, 15) is 19.2 Å². The van der Waals surface area contributed by atoms with Gasteiger partial charge in [-0.05, 0) is 12.8 Å². The fourth-order valence-electron chi connectivity index (χ4n) is 1.47. The number of ether oxygens (including phenoxy) is 1. The third-order valence-electron chi connectivity index (χ3n) is 2.66. The molecule has 0 aliphatic rings. The number of carbonyl (C=O) groups is 4. The molecule has 0 atom stereocenters. The average molecular weight is 270 g/mol. The molecular formula is C14H22O5. The van der Waals surface area contributed by atoms with E-state index in [1.807, 2.05) is 13.8 Å². The van der Waals surface area contributed by atoms with Crippen LogP contribution < -0.4 is 0 Å². The molecule has 0 fully saturated rings. The molecule has 0 radical (unpaired) electrons. The molecule has 0 N–H and O–H groups in total. The maximum absolute atomic E-state index is 11.3. The largest absolute Gasteiger partial charge is 0.382 e. The number of hydrogen-bond donors (Lipinski definition) is 0. The van der Waals surface area contributed by atoms with Crippen molar-refractivity contribution in [2.24, 2.45) is 0 Å². The summed E-state index contributed by atoms with van der Waals surface area (Å²) in [4.78, 5) is 45.1. The molecule has 0 rings (SSSR count). The second kappa shape index (κ2) is 10.4. The monoisotopic (exact) mass is 270 g/mol. The zero-order valence-corrected chi connectivity index (χ0v) is 11.7. The first-order valence-electron chi connectivity index (χ1n) is 6.85. The van der Waals surface area contributed by atoms with Crippen LogP contribution in [-0.4, -0.2) is 23.5 Å². The zero-order chi connectivity index (χ0) is 14.7. The molecule has 0 aromatic rings. The molecule has 108 valence electrons. The lowest BCUT2D eigenvalue weighted by Gasteiger charge is -2.01. The van der Waals surface area contributed by atoms with Gasteiger partial charge in [-0.1, -0.05) is 39.5 Å². The van der Waals surface area contributed by atoms with Gasteiger partial charge in [-0.15, -0.1) is 0 Å². The normalized spacial score (nSPS) is 10.0. The molecule has 5 heteroatoms. The molecule has 0 bridgehead atoms. The third kappa shape index (κ3) is 8.24. The molecule has 0 aromatic carbocycles. The standard InChI is InChI=1S/C14H22O5/c1-3-5-7-9-11(15)13(17)19-14(18)12(16)10-8-6-4-2/h3-10H2,1-2H3. The summed E-state index contributed by atoms with van der Waals surface area (Å²) in [6.45, 7) is 3.95. The lowest BCUT2D eigenvalue weighted by molar-refractivity contribution is -0.167. The van der Waals surface area contributed by atoms with E-state index < -0.39 is 23.5 Å². The van der Waals surface area contributed by atoms with Crippen molar-refractivity contribution in [3.63, 3.8) is 0 Å². The molecule has 0 aromatic heterocycles. The minimum Gasteiger partial charge on any atom is -0.381 e. The van der Waals surface area contributed by atoms with E-state index in [1.165, 1.54) is 0 Å². The molecule has 0 spiro atoms. The predicted molar refractivity (Wildman–Crippen MR) is 69.4 cm³/mol. The number of rotatable bonds is 10. The summed E-state index contributed by atoms with van der Waals surface area (Å²) in [5, 5.41) is 0. The molecule has 0 aliphatic carbocycles. The minimum atomic E-state index is -1.22. The van der Waals surface area contributed by atoms with Crippen molar-refractivity contribution in [3.05, 3.63) is 0 Å². The van der Waals surface area contributed by atoms with Crippen LogP contribution >= 0.6 is 0 Å². The molecular weight excluding hydrogens is 248 g/mol. The van der Waals surface area contributed by atoms with E-state index in [0.717, 1.165) is 25.7 Å². The van der Waals surface area contributed by atoms with Crippen LogP contribution in [0.4, 0.5) is 0 Å². The summed E-state index contributed by atoms with van der Waals surface area (Å²) in [5.41, 5.74) is 0. The first-order chi connectivity index (χ1) is 9.02. The quantitative estimate of drug-likeness (QED) is 0.263. The van der Waals surface area contributed by atoms with Gasteiger partial charge in [0.25, 0.3) is 0 Å². The smallest absolute Gasteiger partial charge is 0.381 e. The Hall–Kier alpha value is -1.52. The van der Waals surface area contributed by atoms with Gasteiger partial charge in [0.15, 0.2) is 0 Å². The van der Waals surface area contributed by atoms with E-state index in [4.69, 9.17) is 0 Å². The van der Waals surface area contributed by atoms with Gasteiger partial charge in [0.2, 0.25) is 11.6 Å². The van der Waals surface area contributed by atoms with Crippen LogP contribution in [0, 0.1) is 0 Å². The van der Waals surface area contributed by atoms with E-state index in [1.54, 1.807) is 0 Å². The summed E-state index contributed by atoms with van der Waals surface area (Å²) in [6.07, 6.45) is 4.82. The maximum Gasteiger partial charge on any atom is 0.382 e. The van der Waals surface area contributed by atoms with Crippen molar-refractivity contribution in [1.29, 1.82) is 0 Å². The van der Waals surface area contributed by atoms with Crippen LogP contribution in [0.15, 0.2) is 0 Å². The van der Waals surface area contributed by atoms with Crippen LogP contribution in [0.2, 0.25) is 0 Å². The minimum absolute atomic E-state index is 0.0595. The maximum atomic E-state index is 11.3. The highest BCUT2D eigenvalue weighted by Crippen LogP contribution is 2.03. The van der Waals surface area contributed by atoms with Crippen LogP contribution in [0.3, 0.4) is 0 Å². The fraction of sp³-hybridized carbons (Fsp3) is 0.714. The Morgan fingerprint density at radius 1 is 0.684 bits per heavy atom. The Morgan fingerprint density at radius 2 is 1.05 bits per heavy atom. The molecule has 19 heavy (non-hydrogen) atoms. The van der Waals surface area contributed by atoms with Crippen molar-refractivity contribution >= 4 is 23.5 Å². The van der Waals surface area contributed by atoms with Crippen molar-refractivity contribution in [2.45, 2.75) is 65.2 Å². The molecule has 0 aliphatic heterocycles. The summed E-state index contributed by atoms with van der Waals surface area (Å²) in [7, 11) is 0. The van der Waals surface area contributed by atoms with Crippen molar-refractivity contribution in [3.8, 4) is 0 Å². The first kappa shape index (κ1) is 17.5. The Labute approximate surface area is 113 Å². The Morgan fingerprint density at radius 3 is 1.37 bits per heavy atom. The van der Waals surface area contributed by atoms with Gasteiger partial charge in [-0.3, -0.25) is 9.59 Å². The summed E-state index contributed by atoms with van der Waals surface area (Å²) in [5.74, 6) is -3.93. The Kier molecular flexibility index (Phi) is 9.57. The number of hydrogen-bond acceptors (Lipinski definition) is 5. The van der Waals surface area contributed by atoms with E-state index >= 15 is 0 Å². The molecule has 5 nitrogen and oxygen atoms in total. The fourth-order valence-corrected chi connectivity index (χ4v) is 1.47. The highest BCUT2D eigenvalue weighted by atomic mass is 16.6. The molecule has 0 unspecified atom stereocenters. The lowest BCUT2D eigenvalue weighted by Crippen LogP contribution is -2.26. The summed E-state index contributed by atoms with van der Waals surface area (Å²) < 4.78 is 4.26. The molecule has 0 saturated carbocycles. The summed E-state index contributed by atoms with van der Waals surface area (Å²) in [6, 6.07) is 0. The predicted octanol–water partition coefficient (Wildman–Crippen LogP) is 2.36. The lowest BCUT2D eigenvalue weighted by atomic mass is 10.1. The van der Waals surface area contributed by atoms with Crippen LogP contribution in [0.25, 0.3) is 0 Å². The topological polar surface area (TPSA) is 77.5 Å². The second-order valence-corrected chi connectivity index (χ2v) is 4.44. The average Bonchev–Trinajstić information content (AvgIpc) is 2.38. The summed E-state index contributed by atoms with van der Waals surface area (Å²) >= 11 is 0. The van der Waals surface area contributed by atoms with Crippen LogP contribution in [0.1, 0.15) is 65.2 Å². The number of carbonyl (C=O) groups excluding carboxylic acids is 4. The SMILES string of the molecule is CCCCCC(=O)C(=O)OC(=O)C(=O)CCCCC. The van der Waals surface area contributed by atoms with Crippen molar-refractivity contribution in [1.82, 2.24) is 0 Å². The van der Waals surface area contributed by atoms with E-state index in [2.05, 4.69) is 4.74 Å². The number of Topliss-reactive ketones (excluding diaryl/α,β-unsaturated/α-hetero) is 2. The highest BCUT2D eigenvalue weighted by Gasteiger charge is 2.23. The Bertz CT molecular complexity index is 301. The van der Waals surface area contributed by atoms with Gasteiger partial charge < -0.3 is 4.74 Å². The van der Waals surface area contributed by atoms with Gasteiger partial charge >= 0.3 is 11.9 Å². The van der Waals surface area contributed by atoms with Gasteiger partial charge in [-0.2, -0.15) is 0 Å². The molecule has 0 amide bonds. The number of esters is 2. The zero-order valence-electron chi connectivity index (χ0n) is 11.7. The van der Waals surface area contributed by atoms with Crippen LogP contribution in [-0.2, 0) is 23.9 Å². The Balaban J connectivity index is 4.00. The highest BCUT2D eigenvalue weighted by molar-refractivity contribution is 6.42. The molecule has 0 heterocycles. The van der Waals surface area contributed by atoms with Crippen molar-refractivity contribution in [2.75, 3.05) is 0 Å². The van der Waals surface area contributed by atoms with Gasteiger partial charge in [0, 0.05) is 12.8 Å². The van der Waals surface area contributed by atoms with E-state index in [-0.39, 0.29) is 12.8 Å². The third-order valence-corrected chi connectivity index (χ3v) is 2.66. The van der Waals surface area contributed by atoms with Gasteiger partial charge in [0.1, 0.15) is 0 Å². The number of unbranched alkanes of at least 4 members (excludes halogenated alkanes) is 4. The molecule has 0 saturated heterocycles.